The second-order valence-electron chi connectivity index (χ2n) is 3.96. The summed E-state index contributed by atoms with van der Waals surface area (Å²) in [6.07, 6.45) is 0.730. The van der Waals surface area contributed by atoms with Crippen LogP contribution in [0.5, 0.6) is 11.5 Å². The molecule has 2 rings (SSSR count). The van der Waals surface area contributed by atoms with Gasteiger partial charge in [0, 0.05) is 6.07 Å². The lowest BCUT2D eigenvalue weighted by Crippen LogP contribution is -1.92. The van der Waals surface area contributed by atoms with Crippen LogP contribution < -0.4 is 4.74 Å². The predicted octanol–water partition coefficient (Wildman–Crippen LogP) is 5.56. The molecule has 0 aliphatic carbocycles. The van der Waals surface area contributed by atoms with Crippen LogP contribution in [0.4, 0.5) is 0 Å². The molecule has 2 aromatic carbocycles. The highest BCUT2D eigenvalue weighted by molar-refractivity contribution is 6.43. The summed E-state index contributed by atoms with van der Waals surface area (Å²) in [5, 5.41) is 1.01. The average molecular weight is 316 g/mol. The Labute approximate surface area is 125 Å². The molecular formula is C14H9Cl3O2. The lowest BCUT2D eigenvalue weighted by atomic mass is 10.1. The molecule has 0 saturated carbocycles. The minimum absolute atomic E-state index is 0.326. The van der Waals surface area contributed by atoms with Gasteiger partial charge in [-0.2, -0.15) is 0 Å². The maximum Gasteiger partial charge on any atom is 0.153 e. The molecule has 0 aliphatic rings. The van der Waals surface area contributed by atoms with Crippen molar-refractivity contribution in [2.45, 2.75) is 6.92 Å². The highest BCUT2D eigenvalue weighted by atomic mass is 35.5. The molecule has 98 valence electrons. The van der Waals surface area contributed by atoms with Crippen molar-refractivity contribution in [1.82, 2.24) is 0 Å². The van der Waals surface area contributed by atoms with Gasteiger partial charge in [-0.25, -0.2) is 0 Å². The fourth-order valence-electron chi connectivity index (χ4n) is 1.55. The Kier molecular flexibility index (Phi) is 4.35. The third kappa shape index (κ3) is 3.21. The molecule has 0 radical (unpaired) electrons. The number of ether oxygens (including phenoxy) is 1. The van der Waals surface area contributed by atoms with E-state index in [1.807, 2.05) is 13.0 Å². The highest BCUT2D eigenvalue weighted by Gasteiger charge is 2.10. The Bertz CT molecular complexity index is 639. The summed E-state index contributed by atoms with van der Waals surface area (Å²) in [5.41, 5.74) is 1.41. The van der Waals surface area contributed by atoms with Gasteiger partial charge in [0.05, 0.1) is 20.6 Å². The molecule has 19 heavy (non-hydrogen) atoms. The normalized spacial score (nSPS) is 10.3. The first-order valence-corrected chi connectivity index (χ1v) is 6.53. The van der Waals surface area contributed by atoms with Gasteiger partial charge in [-0.3, -0.25) is 4.79 Å². The molecule has 0 bridgehead atoms. The van der Waals surface area contributed by atoms with Crippen molar-refractivity contribution in [3.63, 3.8) is 0 Å². The lowest BCUT2D eigenvalue weighted by molar-refractivity contribution is 0.112. The summed E-state index contributed by atoms with van der Waals surface area (Å²) in [4.78, 5) is 11.0. The monoisotopic (exact) mass is 314 g/mol. The second kappa shape index (κ2) is 5.83. The maximum atomic E-state index is 11.0. The van der Waals surface area contributed by atoms with Gasteiger partial charge in [-0.1, -0.05) is 46.4 Å². The van der Waals surface area contributed by atoms with E-state index in [1.165, 1.54) is 12.1 Å². The first kappa shape index (κ1) is 14.2. The first-order chi connectivity index (χ1) is 9.01. The Morgan fingerprint density at radius 3 is 2.32 bits per heavy atom. The van der Waals surface area contributed by atoms with Crippen LogP contribution >= 0.6 is 34.8 Å². The van der Waals surface area contributed by atoms with Crippen LogP contribution in [0.15, 0.2) is 30.3 Å². The number of halogens is 3. The molecule has 0 unspecified atom stereocenters. The predicted molar refractivity (Wildman–Crippen MR) is 78.1 cm³/mol. The zero-order valence-electron chi connectivity index (χ0n) is 9.91. The van der Waals surface area contributed by atoms with Gasteiger partial charge in [0.2, 0.25) is 0 Å². The van der Waals surface area contributed by atoms with Crippen molar-refractivity contribution < 1.29 is 9.53 Å². The summed E-state index contributed by atoms with van der Waals surface area (Å²) in [6, 6.07) is 8.29. The molecule has 0 heterocycles. The van der Waals surface area contributed by atoms with Gasteiger partial charge in [0.25, 0.3) is 0 Å². The topological polar surface area (TPSA) is 26.3 Å². The van der Waals surface area contributed by atoms with Gasteiger partial charge in [0.1, 0.15) is 11.5 Å². The third-order valence-corrected chi connectivity index (χ3v) is 3.50. The number of benzene rings is 2. The van der Waals surface area contributed by atoms with Crippen LogP contribution in [-0.2, 0) is 0 Å². The van der Waals surface area contributed by atoms with Crippen molar-refractivity contribution in [3.8, 4) is 11.5 Å². The van der Waals surface area contributed by atoms with Crippen LogP contribution in [0.3, 0.4) is 0 Å². The molecule has 0 N–H and O–H groups in total. The van der Waals surface area contributed by atoms with Crippen LogP contribution in [0.1, 0.15) is 15.9 Å². The number of rotatable bonds is 3. The average Bonchev–Trinajstić information content (AvgIpc) is 2.37. The van der Waals surface area contributed by atoms with Gasteiger partial charge in [-0.05, 0) is 25.1 Å². The Morgan fingerprint density at radius 1 is 0.947 bits per heavy atom. The SMILES string of the molecule is Cc1ccc(Oc2cc(Cl)c(Cl)cc2Cl)c(C=O)c1. The van der Waals surface area contributed by atoms with Gasteiger partial charge >= 0.3 is 0 Å². The molecular weight excluding hydrogens is 307 g/mol. The Hall–Kier alpha value is -1.22. The maximum absolute atomic E-state index is 11.0. The zero-order chi connectivity index (χ0) is 14.0. The molecule has 0 spiro atoms. The van der Waals surface area contributed by atoms with E-state index in [-0.39, 0.29) is 0 Å². The van der Waals surface area contributed by atoms with E-state index in [1.54, 1.807) is 12.1 Å². The molecule has 0 atom stereocenters. The van der Waals surface area contributed by atoms with E-state index in [0.29, 0.717) is 32.1 Å². The highest BCUT2D eigenvalue weighted by Crippen LogP contribution is 2.37. The number of carbonyl (C=O) groups excluding carboxylic acids is 1. The van der Waals surface area contributed by atoms with E-state index >= 15 is 0 Å². The largest absolute Gasteiger partial charge is 0.455 e. The molecule has 0 saturated heterocycles. The number of aldehydes is 1. The minimum Gasteiger partial charge on any atom is -0.455 e. The molecule has 0 amide bonds. The van der Waals surface area contributed by atoms with Crippen LogP contribution in [0.2, 0.25) is 15.1 Å². The van der Waals surface area contributed by atoms with E-state index in [4.69, 9.17) is 39.5 Å². The number of aryl methyl sites for hydroxylation is 1. The smallest absolute Gasteiger partial charge is 0.153 e. The van der Waals surface area contributed by atoms with Crippen molar-refractivity contribution in [1.29, 1.82) is 0 Å². The first-order valence-electron chi connectivity index (χ1n) is 5.39. The fourth-order valence-corrected chi connectivity index (χ4v) is 2.13. The standard InChI is InChI=1S/C14H9Cl3O2/c1-8-2-3-13(9(4-8)7-18)19-14-6-11(16)10(15)5-12(14)17/h2-7H,1H3. The van der Waals surface area contributed by atoms with E-state index in [0.717, 1.165) is 11.8 Å². The Balaban J connectivity index is 2.41. The number of hydrogen-bond acceptors (Lipinski definition) is 2. The van der Waals surface area contributed by atoms with Crippen LogP contribution in [0.25, 0.3) is 0 Å². The zero-order valence-corrected chi connectivity index (χ0v) is 12.2. The fraction of sp³-hybridized carbons (Fsp3) is 0.0714. The molecule has 2 aromatic rings. The van der Waals surface area contributed by atoms with Crippen molar-refractivity contribution in [2.24, 2.45) is 0 Å². The summed E-state index contributed by atoms with van der Waals surface area (Å²) in [7, 11) is 0. The minimum atomic E-state index is 0.326. The summed E-state index contributed by atoms with van der Waals surface area (Å²) in [6.45, 7) is 1.89. The number of hydrogen-bond donors (Lipinski definition) is 0. The molecule has 0 aromatic heterocycles. The van der Waals surface area contributed by atoms with Gasteiger partial charge < -0.3 is 4.74 Å². The van der Waals surface area contributed by atoms with Crippen molar-refractivity contribution >= 4 is 41.1 Å². The molecule has 0 fully saturated rings. The van der Waals surface area contributed by atoms with E-state index in [2.05, 4.69) is 0 Å². The van der Waals surface area contributed by atoms with Gasteiger partial charge in [-0.15, -0.1) is 0 Å². The molecule has 5 heteroatoms. The molecule has 0 aliphatic heterocycles. The van der Waals surface area contributed by atoms with Crippen LogP contribution in [0, 0.1) is 6.92 Å². The van der Waals surface area contributed by atoms with Crippen LogP contribution in [-0.4, -0.2) is 6.29 Å². The third-order valence-electron chi connectivity index (χ3n) is 2.49. The quantitative estimate of drug-likeness (QED) is 0.547. The van der Waals surface area contributed by atoms with E-state index in [9.17, 15) is 4.79 Å². The summed E-state index contributed by atoms with van der Waals surface area (Å²) < 4.78 is 5.62. The summed E-state index contributed by atoms with van der Waals surface area (Å²) >= 11 is 17.8. The van der Waals surface area contributed by atoms with Gasteiger partial charge in [0.15, 0.2) is 6.29 Å². The lowest BCUT2D eigenvalue weighted by Gasteiger charge is -2.11. The molecule has 2 nitrogen and oxygen atoms in total. The summed E-state index contributed by atoms with van der Waals surface area (Å²) in [5.74, 6) is 0.768. The Morgan fingerprint density at radius 2 is 1.63 bits per heavy atom. The van der Waals surface area contributed by atoms with E-state index < -0.39 is 0 Å². The number of carbonyl (C=O) groups is 1. The second-order valence-corrected chi connectivity index (χ2v) is 5.18. The van der Waals surface area contributed by atoms with Crippen molar-refractivity contribution in [2.75, 3.05) is 0 Å². The van der Waals surface area contributed by atoms with Crippen molar-refractivity contribution in [3.05, 3.63) is 56.5 Å².